The van der Waals surface area contributed by atoms with Crippen molar-refractivity contribution in [2.24, 2.45) is 0 Å². The molecule has 1 saturated heterocycles. The van der Waals surface area contributed by atoms with Crippen LogP contribution in [0.4, 0.5) is 0 Å². The predicted molar refractivity (Wildman–Crippen MR) is 73.2 cm³/mol. The van der Waals surface area contributed by atoms with Gasteiger partial charge in [-0.1, -0.05) is 6.07 Å². The Labute approximate surface area is 116 Å². The number of imide groups is 1. The van der Waals surface area contributed by atoms with E-state index in [4.69, 9.17) is 4.74 Å². The summed E-state index contributed by atoms with van der Waals surface area (Å²) in [6.07, 6.45) is 2.38. The van der Waals surface area contributed by atoms with Crippen LogP contribution in [0.3, 0.4) is 0 Å². The molecule has 2 heterocycles. The Hall–Kier alpha value is -2.43. The summed E-state index contributed by atoms with van der Waals surface area (Å²) in [5.41, 5.74) is 0.907. The van der Waals surface area contributed by atoms with Crippen LogP contribution in [0, 0.1) is 0 Å². The molecule has 0 aliphatic carbocycles. The van der Waals surface area contributed by atoms with E-state index in [1.54, 1.807) is 6.20 Å². The molecule has 2 amide bonds. The zero-order chi connectivity index (χ0) is 13.9. The highest BCUT2D eigenvalue weighted by molar-refractivity contribution is 6.01. The summed E-state index contributed by atoms with van der Waals surface area (Å²) in [5.74, 6) is 0.493. The van der Waals surface area contributed by atoms with E-state index >= 15 is 0 Å². The lowest BCUT2D eigenvalue weighted by Crippen LogP contribution is -2.33. The van der Waals surface area contributed by atoms with Gasteiger partial charge in [-0.15, -0.1) is 0 Å². The van der Waals surface area contributed by atoms with E-state index in [1.807, 2.05) is 30.3 Å². The number of hydrogen-bond donors (Lipinski definition) is 0. The minimum atomic E-state index is -0.110. The summed E-state index contributed by atoms with van der Waals surface area (Å²) in [4.78, 5) is 28.4. The molecule has 0 radical (unpaired) electrons. The van der Waals surface area contributed by atoms with E-state index in [0.717, 1.165) is 10.9 Å². The van der Waals surface area contributed by atoms with Crippen LogP contribution in [0.5, 0.6) is 5.75 Å². The molecule has 0 saturated carbocycles. The van der Waals surface area contributed by atoms with Crippen LogP contribution in [-0.4, -0.2) is 34.8 Å². The maximum Gasteiger partial charge on any atom is 0.229 e. The Balaban J connectivity index is 1.62. The molecule has 102 valence electrons. The van der Waals surface area contributed by atoms with E-state index in [2.05, 4.69) is 4.98 Å². The number of hydrogen-bond acceptors (Lipinski definition) is 4. The van der Waals surface area contributed by atoms with Gasteiger partial charge in [0.15, 0.2) is 0 Å². The molecule has 5 nitrogen and oxygen atoms in total. The number of carbonyl (C=O) groups is 2. The van der Waals surface area contributed by atoms with Gasteiger partial charge in [0.1, 0.15) is 12.4 Å². The highest BCUT2D eigenvalue weighted by atomic mass is 16.5. The first kappa shape index (κ1) is 12.6. The van der Waals surface area contributed by atoms with Crippen LogP contribution < -0.4 is 4.74 Å². The largest absolute Gasteiger partial charge is 0.492 e. The Morgan fingerprint density at radius 1 is 1.15 bits per heavy atom. The van der Waals surface area contributed by atoms with Gasteiger partial charge in [-0.05, 0) is 24.3 Å². The lowest BCUT2D eigenvalue weighted by atomic mass is 10.2. The third kappa shape index (κ3) is 2.47. The third-order valence-corrected chi connectivity index (χ3v) is 3.31. The fraction of sp³-hybridized carbons (Fsp3) is 0.267. The van der Waals surface area contributed by atoms with Gasteiger partial charge < -0.3 is 4.74 Å². The Morgan fingerprint density at radius 2 is 1.95 bits per heavy atom. The molecule has 1 aromatic heterocycles. The molecule has 1 aliphatic rings. The van der Waals surface area contributed by atoms with Crippen molar-refractivity contribution in [3.63, 3.8) is 0 Å². The molecular weight excluding hydrogens is 256 g/mol. The average Bonchev–Trinajstić information content (AvgIpc) is 2.79. The van der Waals surface area contributed by atoms with E-state index in [0.29, 0.717) is 31.7 Å². The van der Waals surface area contributed by atoms with Gasteiger partial charge in [-0.2, -0.15) is 0 Å². The van der Waals surface area contributed by atoms with Crippen molar-refractivity contribution in [1.29, 1.82) is 0 Å². The van der Waals surface area contributed by atoms with Crippen molar-refractivity contribution in [3.8, 4) is 5.75 Å². The van der Waals surface area contributed by atoms with Gasteiger partial charge >= 0.3 is 0 Å². The second kappa shape index (κ2) is 5.28. The molecular formula is C15H14N2O3. The number of rotatable bonds is 4. The second-order valence-electron chi connectivity index (χ2n) is 4.65. The van der Waals surface area contributed by atoms with Gasteiger partial charge in [-0.3, -0.25) is 19.5 Å². The molecule has 1 aliphatic heterocycles. The van der Waals surface area contributed by atoms with E-state index in [-0.39, 0.29) is 11.8 Å². The van der Waals surface area contributed by atoms with Gasteiger partial charge in [0, 0.05) is 24.4 Å². The fourth-order valence-electron chi connectivity index (χ4n) is 2.27. The number of nitrogens with zero attached hydrogens (tertiary/aromatic N) is 2. The van der Waals surface area contributed by atoms with E-state index in [9.17, 15) is 9.59 Å². The molecule has 0 bridgehead atoms. The van der Waals surface area contributed by atoms with Crippen LogP contribution >= 0.6 is 0 Å². The highest BCUT2D eigenvalue weighted by Crippen LogP contribution is 2.19. The average molecular weight is 270 g/mol. The van der Waals surface area contributed by atoms with Crippen LogP contribution in [0.2, 0.25) is 0 Å². The number of fused-ring (bicyclic) bond motifs is 1. The third-order valence-electron chi connectivity index (χ3n) is 3.31. The van der Waals surface area contributed by atoms with Gasteiger partial charge in [0.25, 0.3) is 0 Å². The Kier molecular flexibility index (Phi) is 3.33. The number of ether oxygens (including phenoxy) is 1. The summed E-state index contributed by atoms with van der Waals surface area (Å²) in [6.45, 7) is 0.617. The number of amides is 2. The highest BCUT2D eigenvalue weighted by Gasteiger charge is 2.28. The molecule has 2 aromatic rings. The van der Waals surface area contributed by atoms with Crippen molar-refractivity contribution in [2.45, 2.75) is 12.8 Å². The molecule has 1 fully saturated rings. The lowest BCUT2D eigenvalue weighted by Gasteiger charge is -2.14. The van der Waals surface area contributed by atoms with Crippen LogP contribution in [-0.2, 0) is 9.59 Å². The quantitative estimate of drug-likeness (QED) is 0.794. The van der Waals surface area contributed by atoms with E-state index < -0.39 is 0 Å². The normalized spacial score (nSPS) is 15.1. The van der Waals surface area contributed by atoms with Crippen molar-refractivity contribution in [1.82, 2.24) is 9.88 Å². The maximum absolute atomic E-state index is 11.4. The lowest BCUT2D eigenvalue weighted by molar-refractivity contribution is -0.138. The monoisotopic (exact) mass is 270 g/mol. The summed E-state index contributed by atoms with van der Waals surface area (Å²) in [5, 5.41) is 0.998. The summed E-state index contributed by atoms with van der Waals surface area (Å²) < 4.78 is 5.60. The zero-order valence-corrected chi connectivity index (χ0v) is 10.9. The maximum atomic E-state index is 11.4. The predicted octanol–water partition coefficient (Wildman–Crippen LogP) is 1.76. The van der Waals surface area contributed by atoms with Crippen molar-refractivity contribution >= 4 is 22.7 Å². The van der Waals surface area contributed by atoms with Gasteiger partial charge in [0.05, 0.1) is 12.1 Å². The molecule has 1 aromatic carbocycles. The van der Waals surface area contributed by atoms with Crippen LogP contribution in [0.1, 0.15) is 12.8 Å². The Morgan fingerprint density at radius 3 is 2.75 bits per heavy atom. The second-order valence-corrected chi connectivity index (χ2v) is 4.65. The first-order chi connectivity index (χ1) is 9.74. The minimum Gasteiger partial charge on any atom is -0.492 e. The minimum absolute atomic E-state index is 0.110. The first-order valence-electron chi connectivity index (χ1n) is 6.55. The molecule has 3 rings (SSSR count). The van der Waals surface area contributed by atoms with Crippen molar-refractivity contribution in [2.75, 3.05) is 13.2 Å². The number of likely N-dealkylation sites (tertiary alicyclic amines) is 1. The smallest absolute Gasteiger partial charge is 0.229 e. The number of carbonyl (C=O) groups excluding carboxylic acids is 2. The molecule has 0 spiro atoms. The SMILES string of the molecule is O=C1CCC(=O)N1CCOc1ccc2ncccc2c1. The molecule has 0 atom stereocenters. The fourth-order valence-corrected chi connectivity index (χ4v) is 2.27. The first-order valence-corrected chi connectivity index (χ1v) is 6.55. The van der Waals surface area contributed by atoms with Crippen LogP contribution in [0.25, 0.3) is 10.9 Å². The number of aromatic nitrogens is 1. The molecule has 0 unspecified atom stereocenters. The molecule has 5 heteroatoms. The Bertz CT molecular complexity index is 653. The molecule has 0 N–H and O–H groups in total. The standard InChI is InChI=1S/C15H14N2O3/c18-14-5-6-15(19)17(14)8-9-20-12-3-4-13-11(10-12)2-1-7-16-13/h1-4,7,10H,5-6,8-9H2. The topological polar surface area (TPSA) is 59.5 Å². The van der Waals surface area contributed by atoms with Crippen LogP contribution in [0.15, 0.2) is 36.5 Å². The van der Waals surface area contributed by atoms with Gasteiger partial charge in [0.2, 0.25) is 11.8 Å². The zero-order valence-electron chi connectivity index (χ0n) is 10.9. The van der Waals surface area contributed by atoms with Crippen molar-refractivity contribution in [3.05, 3.63) is 36.5 Å². The number of benzene rings is 1. The number of pyridine rings is 1. The van der Waals surface area contributed by atoms with Crippen molar-refractivity contribution < 1.29 is 14.3 Å². The molecule has 20 heavy (non-hydrogen) atoms. The summed E-state index contributed by atoms with van der Waals surface area (Å²) >= 11 is 0. The summed E-state index contributed by atoms with van der Waals surface area (Å²) in [7, 11) is 0. The summed E-state index contributed by atoms with van der Waals surface area (Å²) in [6, 6.07) is 9.45. The van der Waals surface area contributed by atoms with E-state index in [1.165, 1.54) is 4.90 Å². The van der Waals surface area contributed by atoms with Gasteiger partial charge in [-0.25, -0.2) is 0 Å².